The highest BCUT2D eigenvalue weighted by Gasteiger charge is 2.28. The topological polar surface area (TPSA) is 75.6 Å². The van der Waals surface area contributed by atoms with Gasteiger partial charge in [-0.25, -0.2) is 9.59 Å². The second kappa shape index (κ2) is 9.52. The molecule has 0 unspecified atom stereocenters. The molecule has 1 aliphatic rings. The predicted octanol–water partition coefficient (Wildman–Crippen LogP) is 5.64. The number of fused-ring (bicyclic) bond motifs is 3. The number of hydrogen-bond acceptors (Lipinski definition) is 3. The monoisotopic (exact) mass is 427 g/mol. The smallest absolute Gasteiger partial charge is 0.407 e. The molecular formula is C27H25NO4. The molecule has 0 bridgehead atoms. The van der Waals surface area contributed by atoms with E-state index in [0.29, 0.717) is 18.5 Å². The van der Waals surface area contributed by atoms with E-state index in [1.54, 1.807) is 18.2 Å². The number of carboxylic acids is 1. The van der Waals surface area contributed by atoms with Crippen molar-refractivity contribution in [2.24, 2.45) is 0 Å². The highest BCUT2D eigenvalue weighted by molar-refractivity contribution is 5.92. The van der Waals surface area contributed by atoms with Gasteiger partial charge in [-0.1, -0.05) is 78.4 Å². The molecule has 5 nitrogen and oxygen atoms in total. The summed E-state index contributed by atoms with van der Waals surface area (Å²) in [5.41, 5.74) is 6.65. The van der Waals surface area contributed by atoms with E-state index in [-0.39, 0.29) is 18.1 Å². The number of hydrogen-bond donors (Lipinski definition) is 2. The zero-order chi connectivity index (χ0) is 22.5. The van der Waals surface area contributed by atoms with E-state index in [9.17, 15) is 14.7 Å². The van der Waals surface area contributed by atoms with Crippen LogP contribution in [0.15, 0.2) is 72.8 Å². The lowest BCUT2D eigenvalue weighted by molar-refractivity contribution is 0.0696. The SMILES string of the molecule is Cc1ccc(C(=O)O)c(C=CCCNC(=O)OCC2c3ccccc3-c3ccccc32)c1. The molecule has 1 aliphatic carbocycles. The summed E-state index contributed by atoms with van der Waals surface area (Å²) in [5, 5.41) is 12.1. The van der Waals surface area contributed by atoms with E-state index in [1.165, 1.54) is 22.3 Å². The number of rotatable bonds is 7. The Morgan fingerprint density at radius 3 is 2.31 bits per heavy atom. The van der Waals surface area contributed by atoms with Gasteiger partial charge in [-0.2, -0.15) is 0 Å². The Balaban J connectivity index is 1.29. The van der Waals surface area contributed by atoms with Crippen LogP contribution in [0.5, 0.6) is 0 Å². The zero-order valence-electron chi connectivity index (χ0n) is 17.9. The fourth-order valence-electron chi connectivity index (χ4n) is 4.13. The number of benzene rings is 3. The summed E-state index contributed by atoms with van der Waals surface area (Å²) in [6.45, 7) is 2.60. The molecule has 0 radical (unpaired) electrons. The molecular weight excluding hydrogens is 402 g/mol. The van der Waals surface area contributed by atoms with Gasteiger partial charge in [-0.15, -0.1) is 0 Å². The van der Waals surface area contributed by atoms with Crippen LogP contribution in [0.25, 0.3) is 17.2 Å². The number of carbonyl (C=O) groups is 2. The lowest BCUT2D eigenvalue weighted by Crippen LogP contribution is -2.26. The number of aryl methyl sites for hydroxylation is 1. The third-order valence-corrected chi connectivity index (χ3v) is 5.66. The van der Waals surface area contributed by atoms with Crippen LogP contribution in [0, 0.1) is 6.92 Å². The van der Waals surface area contributed by atoms with Gasteiger partial charge in [0.25, 0.3) is 0 Å². The van der Waals surface area contributed by atoms with Crippen molar-refractivity contribution < 1.29 is 19.4 Å². The number of alkyl carbamates (subject to hydrolysis) is 1. The van der Waals surface area contributed by atoms with Gasteiger partial charge in [0, 0.05) is 12.5 Å². The van der Waals surface area contributed by atoms with Crippen molar-refractivity contribution in [2.45, 2.75) is 19.3 Å². The number of carboxylic acid groups (broad SMARTS) is 1. The van der Waals surface area contributed by atoms with Crippen molar-refractivity contribution in [2.75, 3.05) is 13.2 Å². The first-order valence-corrected chi connectivity index (χ1v) is 10.6. The minimum atomic E-state index is -0.957. The van der Waals surface area contributed by atoms with Crippen molar-refractivity contribution in [1.82, 2.24) is 5.32 Å². The van der Waals surface area contributed by atoms with Crippen LogP contribution in [0.4, 0.5) is 4.79 Å². The van der Waals surface area contributed by atoms with Crippen molar-refractivity contribution in [3.63, 3.8) is 0 Å². The van der Waals surface area contributed by atoms with E-state index in [4.69, 9.17) is 4.74 Å². The molecule has 32 heavy (non-hydrogen) atoms. The summed E-state index contributed by atoms with van der Waals surface area (Å²) < 4.78 is 5.52. The fourth-order valence-corrected chi connectivity index (χ4v) is 4.13. The summed E-state index contributed by atoms with van der Waals surface area (Å²) in [7, 11) is 0. The third-order valence-electron chi connectivity index (χ3n) is 5.66. The molecule has 5 heteroatoms. The van der Waals surface area contributed by atoms with Gasteiger partial charge in [0.15, 0.2) is 0 Å². The fraction of sp³-hybridized carbons (Fsp3) is 0.185. The second-order valence-corrected chi connectivity index (χ2v) is 7.84. The first kappa shape index (κ1) is 21.4. The maximum atomic E-state index is 12.2. The average molecular weight is 428 g/mol. The number of aromatic carboxylic acids is 1. The van der Waals surface area contributed by atoms with Gasteiger partial charge >= 0.3 is 12.1 Å². The van der Waals surface area contributed by atoms with Gasteiger partial charge in [0.2, 0.25) is 0 Å². The van der Waals surface area contributed by atoms with Crippen molar-refractivity contribution >= 4 is 18.1 Å². The van der Waals surface area contributed by atoms with Crippen LogP contribution in [0.1, 0.15) is 45.0 Å². The summed E-state index contributed by atoms with van der Waals surface area (Å²) >= 11 is 0. The highest BCUT2D eigenvalue weighted by Crippen LogP contribution is 2.44. The van der Waals surface area contributed by atoms with Crippen LogP contribution in [0.3, 0.4) is 0 Å². The predicted molar refractivity (Wildman–Crippen MR) is 125 cm³/mol. The quantitative estimate of drug-likeness (QED) is 0.479. The van der Waals surface area contributed by atoms with E-state index in [1.807, 2.05) is 43.3 Å². The molecule has 0 spiro atoms. The van der Waals surface area contributed by atoms with Gasteiger partial charge in [0.1, 0.15) is 6.61 Å². The van der Waals surface area contributed by atoms with Crippen LogP contribution in [-0.4, -0.2) is 30.3 Å². The van der Waals surface area contributed by atoms with Gasteiger partial charge in [-0.05, 0) is 47.2 Å². The standard InChI is InChI=1S/C27H25NO4/c1-18-13-14-20(26(29)30)19(16-18)8-6-7-15-28-27(31)32-17-25-23-11-4-2-9-21(23)22-10-3-5-12-24(22)25/h2-6,8-14,16,25H,7,15,17H2,1H3,(H,28,31)(H,29,30). The third kappa shape index (κ3) is 4.57. The minimum Gasteiger partial charge on any atom is -0.478 e. The normalized spacial score (nSPS) is 12.4. The number of ether oxygens (including phenoxy) is 1. The number of carbonyl (C=O) groups excluding carboxylic acids is 1. The Morgan fingerprint density at radius 1 is 1.00 bits per heavy atom. The lowest BCUT2D eigenvalue weighted by Gasteiger charge is -2.14. The molecule has 2 N–H and O–H groups in total. The molecule has 0 saturated carbocycles. The maximum Gasteiger partial charge on any atom is 0.407 e. The van der Waals surface area contributed by atoms with Crippen molar-refractivity contribution in [3.05, 3.63) is 101 Å². The largest absolute Gasteiger partial charge is 0.478 e. The summed E-state index contributed by atoms with van der Waals surface area (Å²) in [4.78, 5) is 23.5. The van der Waals surface area contributed by atoms with Crippen LogP contribution in [-0.2, 0) is 4.74 Å². The van der Waals surface area contributed by atoms with Crippen molar-refractivity contribution in [3.8, 4) is 11.1 Å². The molecule has 3 aromatic rings. The summed E-state index contributed by atoms with van der Waals surface area (Å²) in [5.74, 6) is -0.926. The van der Waals surface area contributed by atoms with Crippen LogP contribution < -0.4 is 5.32 Å². The van der Waals surface area contributed by atoms with Crippen LogP contribution >= 0.6 is 0 Å². The first-order valence-electron chi connectivity index (χ1n) is 10.6. The Morgan fingerprint density at radius 2 is 1.66 bits per heavy atom. The number of amides is 1. The summed E-state index contributed by atoms with van der Waals surface area (Å²) in [6, 6.07) is 21.7. The van der Waals surface area contributed by atoms with E-state index in [2.05, 4.69) is 29.6 Å². The van der Waals surface area contributed by atoms with Gasteiger partial charge < -0.3 is 15.2 Å². The molecule has 0 fully saturated rings. The zero-order valence-corrected chi connectivity index (χ0v) is 17.9. The molecule has 0 aliphatic heterocycles. The minimum absolute atomic E-state index is 0.0313. The second-order valence-electron chi connectivity index (χ2n) is 7.84. The molecule has 0 saturated heterocycles. The lowest BCUT2D eigenvalue weighted by atomic mass is 9.98. The molecule has 0 atom stereocenters. The maximum absolute atomic E-state index is 12.2. The van der Waals surface area contributed by atoms with E-state index >= 15 is 0 Å². The molecule has 3 aromatic carbocycles. The Bertz CT molecular complexity index is 1140. The number of nitrogens with one attached hydrogen (secondary N) is 1. The molecule has 4 rings (SSSR count). The van der Waals surface area contributed by atoms with Crippen LogP contribution in [0.2, 0.25) is 0 Å². The van der Waals surface area contributed by atoms with E-state index in [0.717, 1.165) is 5.56 Å². The first-order chi connectivity index (χ1) is 15.5. The Kier molecular flexibility index (Phi) is 6.36. The van der Waals surface area contributed by atoms with Crippen molar-refractivity contribution in [1.29, 1.82) is 0 Å². The molecule has 1 amide bonds. The molecule has 162 valence electrons. The van der Waals surface area contributed by atoms with Gasteiger partial charge in [0.05, 0.1) is 5.56 Å². The average Bonchev–Trinajstić information content (AvgIpc) is 3.11. The highest BCUT2D eigenvalue weighted by atomic mass is 16.5. The molecule has 0 aromatic heterocycles. The Hall–Kier alpha value is -3.86. The van der Waals surface area contributed by atoms with E-state index < -0.39 is 12.1 Å². The Labute approximate surface area is 187 Å². The van der Waals surface area contributed by atoms with Gasteiger partial charge in [-0.3, -0.25) is 0 Å². The molecule has 0 heterocycles. The summed E-state index contributed by atoms with van der Waals surface area (Å²) in [6.07, 6.45) is 3.74.